The molecular weight excluding hydrogens is 396 g/mol. The van der Waals surface area contributed by atoms with Gasteiger partial charge < -0.3 is 25.8 Å². The van der Waals surface area contributed by atoms with E-state index in [-0.39, 0.29) is 19.1 Å². The minimum atomic E-state index is -0.529. The van der Waals surface area contributed by atoms with Crippen molar-refractivity contribution < 1.29 is 19.1 Å². The van der Waals surface area contributed by atoms with E-state index in [1.165, 1.54) is 7.11 Å². The van der Waals surface area contributed by atoms with E-state index in [0.717, 1.165) is 11.1 Å². The highest BCUT2D eigenvalue weighted by molar-refractivity contribution is 6.05. The van der Waals surface area contributed by atoms with Gasteiger partial charge in [0.15, 0.2) is 5.82 Å². The van der Waals surface area contributed by atoms with Crippen LogP contribution in [0.3, 0.4) is 0 Å². The molecule has 0 unspecified atom stereocenters. The Hall–Kier alpha value is -3.91. The molecule has 31 heavy (non-hydrogen) atoms. The molecule has 3 aromatic rings. The Morgan fingerprint density at radius 1 is 0.968 bits per heavy atom. The first kappa shape index (κ1) is 21.8. The number of benzene rings is 2. The summed E-state index contributed by atoms with van der Waals surface area (Å²) in [6, 6.07) is 20.0. The van der Waals surface area contributed by atoms with Crippen molar-refractivity contribution in [2.45, 2.75) is 6.54 Å². The summed E-state index contributed by atoms with van der Waals surface area (Å²) >= 11 is 0. The van der Waals surface area contributed by atoms with Crippen molar-refractivity contribution in [3.8, 4) is 11.3 Å². The lowest BCUT2D eigenvalue weighted by Crippen LogP contribution is -2.25. The Bertz CT molecular complexity index is 1020. The van der Waals surface area contributed by atoms with Crippen molar-refractivity contribution in [3.63, 3.8) is 0 Å². The number of rotatable bonds is 8. The van der Waals surface area contributed by atoms with Gasteiger partial charge in [0.1, 0.15) is 6.61 Å². The molecule has 0 spiro atoms. The van der Waals surface area contributed by atoms with Gasteiger partial charge in [0.05, 0.1) is 18.0 Å². The molecule has 2 aromatic carbocycles. The van der Waals surface area contributed by atoms with Gasteiger partial charge in [0.25, 0.3) is 5.91 Å². The topological polar surface area (TPSA) is 116 Å². The molecule has 0 atom stereocenters. The maximum absolute atomic E-state index is 12.6. The number of hydrogen-bond donors (Lipinski definition) is 3. The second kappa shape index (κ2) is 10.7. The molecule has 0 bridgehead atoms. The molecule has 0 fully saturated rings. The fourth-order valence-corrected chi connectivity index (χ4v) is 2.74. The Morgan fingerprint density at radius 2 is 1.71 bits per heavy atom. The van der Waals surface area contributed by atoms with Gasteiger partial charge >= 0.3 is 6.09 Å². The minimum Gasteiger partial charge on any atom is -0.447 e. The largest absolute Gasteiger partial charge is 0.447 e. The van der Waals surface area contributed by atoms with Crippen LogP contribution in [0, 0.1) is 0 Å². The summed E-state index contributed by atoms with van der Waals surface area (Å²) in [6.07, 6.45) is -0.529. The fourth-order valence-electron chi connectivity index (χ4n) is 2.74. The van der Waals surface area contributed by atoms with Crippen LogP contribution in [0.15, 0.2) is 66.7 Å². The average Bonchev–Trinajstić information content (AvgIpc) is 2.80. The molecule has 0 aliphatic carbocycles. The van der Waals surface area contributed by atoms with E-state index in [1.54, 1.807) is 30.3 Å². The Morgan fingerprint density at radius 3 is 2.42 bits per heavy atom. The lowest BCUT2D eigenvalue weighted by atomic mass is 10.1. The van der Waals surface area contributed by atoms with E-state index in [2.05, 4.69) is 15.6 Å². The number of nitrogens with two attached hydrogens (primary N) is 1. The highest BCUT2D eigenvalue weighted by atomic mass is 16.6. The van der Waals surface area contributed by atoms with Crippen molar-refractivity contribution in [2.24, 2.45) is 0 Å². The van der Waals surface area contributed by atoms with Crippen molar-refractivity contribution >= 4 is 23.5 Å². The van der Waals surface area contributed by atoms with Crippen LogP contribution in [-0.4, -0.2) is 37.3 Å². The Labute approximate surface area is 180 Å². The number of nitrogen functional groups attached to an aromatic ring is 1. The van der Waals surface area contributed by atoms with Crippen LogP contribution in [0.4, 0.5) is 16.3 Å². The van der Waals surface area contributed by atoms with E-state index in [0.29, 0.717) is 29.4 Å². The number of amides is 2. The fraction of sp³-hybridized carbons (Fsp3) is 0.174. The summed E-state index contributed by atoms with van der Waals surface area (Å²) in [6.45, 7) is 0.802. The standard InChI is InChI=1S/C23H24N4O4/c1-30-13-14-31-23(29)25-15-16-7-9-18(10-8-16)22(28)27-21-19(24)11-12-20(26-21)17-5-3-2-4-6-17/h2-12H,13-15,24H2,1H3,(H,25,29)(H,26,27,28). The molecule has 0 radical (unpaired) electrons. The number of pyridine rings is 1. The van der Waals surface area contributed by atoms with E-state index in [9.17, 15) is 9.59 Å². The maximum atomic E-state index is 12.6. The van der Waals surface area contributed by atoms with Gasteiger partial charge in [-0.3, -0.25) is 4.79 Å². The lowest BCUT2D eigenvalue weighted by Gasteiger charge is -2.10. The first-order valence-corrected chi connectivity index (χ1v) is 9.68. The predicted octanol–water partition coefficient (Wildman–Crippen LogP) is 3.46. The molecule has 0 aliphatic rings. The first-order valence-electron chi connectivity index (χ1n) is 9.68. The van der Waals surface area contributed by atoms with E-state index in [4.69, 9.17) is 15.2 Å². The van der Waals surface area contributed by atoms with Gasteiger partial charge in [0.2, 0.25) is 0 Å². The molecule has 8 heteroatoms. The van der Waals surface area contributed by atoms with Crippen LogP contribution in [0.5, 0.6) is 0 Å². The third kappa shape index (κ3) is 6.28. The van der Waals surface area contributed by atoms with Gasteiger partial charge in [-0.1, -0.05) is 42.5 Å². The number of methoxy groups -OCH3 is 1. The molecule has 160 valence electrons. The van der Waals surface area contributed by atoms with Gasteiger partial charge in [-0.2, -0.15) is 0 Å². The summed E-state index contributed by atoms with van der Waals surface area (Å²) in [5.74, 6) is -0.0289. The maximum Gasteiger partial charge on any atom is 0.407 e. The molecule has 1 heterocycles. The average molecular weight is 420 g/mol. The molecule has 8 nitrogen and oxygen atoms in total. The monoisotopic (exact) mass is 420 g/mol. The zero-order chi connectivity index (χ0) is 22.1. The smallest absolute Gasteiger partial charge is 0.407 e. The quantitative estimate of drug-likeness (QED) is 0.481. The first-order chi connectivity index (χ1) is 15.1. The molecule has 2 amide bonds. The molecule has 0 saturated carbocycles. The summed E-state index contributed by atoms with van der Waals surface area (Å²) in [7, 11) is 1.53. The van der Waals surface area contributed by atoms with Crippen LogP contribution in [0.25, 0.3) is 11.3 Å². The van der Waals surface area contributed by atoms with E-state index < -0.39 is 6.09 Å². The zero-order valence-electron chi connectivity index (χ0n) is 17.1. The number of carbonyl (C=O) groups excluding carboxylic acids is 2. The number of hydrogen-bond acceptors (Lipinski definition) is 6. The highest BCUT2D eigenvalue weighted by Crippen LogP contribution is 2.23. The van der Waals surface area contributed by atoms with Crippen molar-refractivity contribution in [3.05, 3.63) is 77.9 Å². The normalized spacial score (nSPS) is 10.4. The predicted molar refractivity (Wildman–Crippen MR) is 119 cm³/mol. The number of nitrogens with zero attached hydrogens (tertiary/aromatic N) is 1. The molecule has 4 N–H and O–H groups in total. The molecule has 1 aromatic heterocycles. The summed E-state index contributed by atoms with van der Waals surface area (Å²) in [5.41, 5.74) is 9.27. The Kier molecular flexibility index (Phi) is 7.56. The summed E-state index contributed by atoms with van der Waals surface area (Å²) < 4.78 is 9.74. The van der Waals surface area contributed by atoms with Gasteiger partial charge in [0, 0.05) is 24.8 Å². The summed E-state index contributed by atoms with van der Waals surface area (Å²) in [4.78, 5) is 28.7. The third-order valence-electron chi connectivity index (χ3n) is 4.40. The second-order valence-corrected chi connectivity index (χ2v) is 6.63. The summed E-state index contributed by atoms with van der Waals surface area (Å²) in [5, 5.41) is 5.39. The van der Waals surface area contributed by atoms with Crippen molar-refractivity contribution in [2.75, 3.05) is 31.4 Å². The van der Waals surface area contributed by atoms with Crippen molar-refractivity contribution in [1.82, 2.24) is 10.3 Å². The van der Waals surface area contributed by atoms with Crippen LogP contribution in [-0.2, 0) is 16.0 Å². The number of carbonyl (C=O) groups is 2. The zero-order valence-corrected chi connectivity index (χ0v) is 17.1. The van der Waals surface area contributed by atoms with Crippen LogP contribution in [0.1, 0.15) is 15.9 Å². The van der Waals surface area contributed by atoms with Gasteiger partial charge in [-0.05, 0) is 29.8 Å². The Balaban J connectivity index is 1.60. The second-order valence-electron chi connectivity index (χ2n) is 6.63. The highest BCUT2D eigenvalue weighted by Gasteiger charge is 2.11. The molecular formula is C23H24N4O4. The molecule has 3 rings (SSSR count). The van der Waals surface area contributed by atoms with Crippen LogP contribution < -0.4 is 16.4 Å². The molecule has 0 saturated heterocycles. The number of nitrogens with one attached hydrogen (secondary N) is 2. The van der Waals surface area contributed by atoms with Crippen LogP contribution in [0.2, 0.25) is 0 Å². The van der Waals surface area contributed by atoms with E-state index in [1.807, 2.05) is 36.4 Å². The number of aromatic nitrogens is 1. The van der Waals surface area contributed by atoms with Crippen LogP contribution >= 0.6 is 0 Å². The lowest BCUT2D eigenvalue weighted by molar-refractivity contribution is 0.0982. The van der Waals surface area contributed by atoms with E-state index >= 15 is 0 Å². The SMILES string of the molecule is COCCOC(=O)NCc1ccc(C(=O)Nc2nc(-c3ccccc3)ccc2N)cc1. The number of alkyl carbamates (subject to hydrolysis) is 1. The van der Waals surface area contributed by atoms with Crippen molar-refractivity contribution in [1.29, 1.82) is 0 Å². The number of anilines is 2. The molecule has 0 aliphatic heterocycles. The van der Waals surface area contributed by atoms with Gasteiger partial charge in [-0.15, -0.1) is 0 Å². The third-order valence-corrected chi connectivity index (χ3v) is 4.40. The number of ether oxygens (including phenoxy) is 2. The minimum absolute atomic E-state index is 0.185. The van der Waals surface area contributed by atoms with Gasteiger partial charge in [-0.25, -0.2) is 9.78 Å².